The van der Waals surface area contributed by atoms with E-state index in [1.807, 2.05) is 73.0 Å². The van der Waals surface area contributed by atoms with E-state index in [-0.39, 0.29) is 22.4 Å². The number of hydrogen-bond acceptors (Lipinski definition) is 11. The van der Waals surface area contributed by atoms with E-state index < -0.39 is 22.5 Å². The average Bonchev–Trinajstić information content (AvgIpc) is 3.64. The van der Waals surface area contributed by atoms with Gasteiger partial charge in [0, 0.05) is 53.9 Å². The first kappa shape index (κ1) is 34.8. The molecule has 0 spiro atoms. The molecule has 256 valence electrons. The molecule has 2 aromatic heterocycles. The monoisotopic (exact) mass is 729 g/mol. The zero-order valence-corrected chi connectivity index (χ0v) is 30.2. The molecule has 1 aliphatic rings. The molecule has 0 radical (unpaired) electrons. The Bertz CT molecular complexity index is 2350. The van der Waals surface area contributed by atoms with Crippen molar-refractivity contribution >= 4 is 58.1 Å². The lowest BCUT2D eigenvalue weighted by Gasteiger charge is -2.25. The van der Waals surface area contributed by atoms with E-state index in [9.17, 15) is 19.7 Å². The summed E-state index contributed by atoms with van der Waals surface area (Å²) in [7, 11) is 3.86. The standard InChI is InChI=1S/C35H32ClN7O5S2/c1-6-41-31(22-9-8-10-24(36)17-22)38-39-35(41)49-27-16-15-26(43(46)47)18-23(27)19-28-32(44)42-30(21-11-13-25(14-12-21)40(4)5)29(33(45)48-7-2)20(3)37-34(42)50-28/h8-19,30H,6-7H2,1-5H3/b28-19+/t30-/m1/s1. The number of nitrogens with zero attached hydrogens (tertiary/aromatic N) is 7. The number of esters is 1. The van der Waals surface area contributed by atoms with Gasteiger partial charge in [0.15, 0.2) is 15.8 Å². The summed E-state index contributed by atoms with van der Waals surface area (Å²) in [5.41, 5.74) is 3.08. The quantitative estimate of drug-likeness (QED) is 0.0984. The summed E-state index contributed by atoms with van der Waals surface area (Å²) >= 11 is 8.66. The molecule has 0 amide bonds. The van der Waals surface area contributed by atoms with E-state index in [0.29, 0.717) is 49.1 Å². The molecule has 3 aromatic carbocycles. The number of rotatable bonds is 10. The predicted molar refractivity (Wildman–Crippen MR) is 195 cm³/mol. The van der Waals surface area contributed by atoms with Gasteiger partial charge in [-0.15, -0.1) is 10.2 Å². The third-order valence-corrected chi connectivity index (χ3v) is 10.3. The molecule has 0 N–H and O–H groups in total. The van der Waals surface area contributed by atoms with Crippen LogP contribution in [0.4, 0.5) is 11.4 Å². The van der Waals surface area contributed by atoms with Gasteiger partial charge in [0.05, 0.1) is 33.4 Å². The molecule has 5 aromatic rings. The topological polar surface area (TPSA) is 138 Å². The summed E-state index contributed by atoms with van der Waals surface area (Å²) in [4.78, 5) is 46.6. The van der Waals surface area contributed by atoms with Gasteiger partial charge in [-0.1, -0.05) is 47.2 Å². The fourth-order valence-electron chi connectivity index (χ4n) is 5.65. The van der Waals surface area contributed by atoms with Gasteiger partial charge in [-0.2, -0.15) is 0 Å². The number of benzene rings is 3. The second-order valence-corrected chi connectivity index (χ2v) is 13.9. The van der Waals surface area contributed by atoms with Crippen LogP contribution in [0.2, 0.25) is 5.02 Å². The lowest BCUT2D eigenvalue weighted by molar-refractivity contribution is -0.384. The molecule has 0 saturated heterocycles. The van der Waals surface area contributed by atoms with E-state index in [0.717, 1.165) is 22.6 Å². The van der Waals surface area contributed by atoms with Crippen molar-refractivity contribution < 1.29 is 14.5 Å². The van der Waals surface area contributed by atoms with Crippen molar-refractivity contribution in [1.29, 1.82) is 0 Å². The third-order valence-electron chi connectivity index (χ3n) is 8.05. The largest absolute Gasteiger partial charge is 0.463 e. The lowest BCUT2D eigenvalue weighted by Crippen LogP contribution is -2.40. The zero-order valence-electron chi connectivity index (χ0n) is 27.8. The summed E-state index contributed by atoms with van der Waals surface area (Å²) < 4.78 is 9.12. The van der Waals surface area contributed by atoms with Crippen LogP contribution in [0, 0.1) is 10.1 Å². The molecular formula is C35H32ClN7O5S2. The van der Waals surface area contributed by atoms with Crippen LogP contribution in [0.25, 0.3) is 17.5 Å². The Morgan fingerprint density at radius 1 is 1.12 bits per heavy atom. The minimum Gasteiger partial charge on any atom is -0.463 e. The Hall–Kier alpha value is -5.05. The fourth-order valence-corrected chi connectivity index (χ4v) is 7.85. The van der Waals surface area contributed by atoms with Crippen molar-refractivity contribution in [2.24, 2.45) is 4.99 Å². The number of ether oxygens (including phenoxy) is 1. The second-order valence-electron chi connectivity index (χ2n) is 11.4. The maximum Gasteiger partial charge on any atom is 0.338 e. The molecule has 0 fully saturated rings. The summed E-state index contributed by atoms with van der Waals surface area (Å²) in [6.07, 6.45) is 1.62. The van der Waals surface area contributed by atoms with Crippen LogP contribution in [0.5, 0.6) is 0 Å². The van der Waals surface area contributed by atoms with E-state index >= 15 is 0 Å². The van der Waals surface area contributed by atoms with Crippen LogP contribution in [0.3, 0.4) is 0 Å². The Morgan fingerprint density at radius 3 is 2.54 bits per heavy atom. The van der Waals surface area contributed by atoms with Gasteiger partial charge in [0.1, 0.15) is 0 Å². The lowest BCUT2D eigenvalue weighted by atomic mass is 9.95. The number of anilines is 1. The normalized spacial score (nSPS) is 14.4. The molecule has 1 aliphatic heterocycles. The van der Waals surface area contributed by atoms with Crippen LogP contribution in [-0.2, 0) is 16.1 Å². The Morgan fingerprint density at radius 2 is 1.88 bits per heavy atom. The minimum absolute atomic E-state index is 0.135. The number of aromatic nitrogens is 4. The van der Waals surface area contributed by atoms with E-state index in [1.165, 1.54) is 28.5 Å². The van der Waals surface area contributed by atoms with Crippen molar-refractivity contribution in [3.63, 3.8) is 0 Å². The first-order valence-corrected chi connectivity index (χ1v) is 17.6. The molecule has 1 atom stereocenters. The van der Waals surface area contributed by atoms with Crippen molar-refractivity contribution in [1.82, 2.24) is 19.3 Å². The van der Waals surface area contributed by atoms with Gasteiger partial charge in [0.2, 0.25) is 0 Å². The smallest absolute Gasteiger partial charge is 0.338 e. The van der Waals surface area contributed by atoms with E-state index in [1.54, 1.807) is 32.1 Å². The summed E-state index contributed by atoms with van der Waals surface area (Å²) in [5.74, 6) is 0.0694. The van der Waals surface area contributed by atoms with Gasteiger partial charge >= 0.3 is 5.97 Å². The molecule has 12 nitrogen and oxygen atoms in total. The van der Waals surface area contributed by atoms with Gasteiger partial charge in [-0.25, -0.2) is 9.79 Å². The maximum atomic E-state index is 14.3. The number of non-ortho nitro benzene ring substituents is 1. The number of carbonyl (C=O) groups excluding carboxylic acids is 1. The Labute approximate surface area is 300 Å². The highest BCUT2D eigenvalue weighted by atomic mass is 35.5. The van der Waals surface area contributed by atoms with E-state index in [2.05, 4.69) is 15.2 Å². The van der Waals surface area contributed by atoms with Gasteiger partial charge in [-0.3, -0.25) is 19.5 Å². The summed E-state index contributed by atoms with van der Waals surface area (Å²) in [6, 6.07) is 18.6. The second kappa shape index (κ2) is 14.4. The van der Waals surface area contributed by atoms with Crippen LogP contribution in [-0.4, -0.2) is 50.9 Å². The number of hydrogen-bond donors (Lipinski definition) is 0. The zero-order chi connectivity index (χ0) is 35.7. The van der Waals surface area contributed by atoms with Crippen molar-refractivity contribution in [3.8, 4) is 11.4 Å². The molecule has 0 bridgehead atoms. The Balaban J connectivity index is 1.49. The molecule has 15 heteroatoms. The van der Waals surface area contributed by atoms with Crippen LogP contribution in [0.1, 0.15) is 37.9 Å². The molecule has 6 rings (SSSR count). The predicted octanol–water partition coefficient (Wildman–Crippen LogP) is 5.86. The first-order valence-electron chi connectivity index (χ1n) is 15.6. The van der Waals surface area contributed by atoms with Crippen LogP contribution >= 0.6 is 34.7 Å². The Kier molecular flexibility index (Phi) is 10.0. The van der Waals surface area contributed by atoms with Crippen LogP contribution in [0.15, 0.2) is 97.8 Å². The number of fused-ring (bicyclic) bond motifs is 1. The van der Waals surface area contributed by atoms with Crippen molar-refractivity contribution in [2.75, 3.05) is 25.6 Å². The SMILES string of the molecule is CCOC(=O)C1=C(C)N=c2s/c(=C/c3cc([N+](=O)[O-])ccc3Sc3nnc(-c4cccc(Cl)c4)n3CC)c(=O)n2[C@@H]1c1ccc(N(C)C)cc1. The van der Waals surface area contributed by atoms with Crippen molar-refractivity contribution in [3.05, 3.63) is 124 Å². The average molecular weight is 730 g/mol. The van der Waals surface area contributed by atoms with Gasteiger partial charge < -0.3 is 14.2 Å². The van der Waals surface area contributed by atoms with Gasteiger partial charge in [0.25, 0.3) is 11.2 Å². The van der Waals surface area contributed by atoms with Crippen molar-refractivity contribution in [2.45, 2.75) is 43.4 Å². The highest BCUT2D eigenvalue weighted by Crippen LogP contribution is 2.35. The number of nitro benzene ring substituents is 1. The number of thiazole rings is 1. The highest BCUT2D eigenvalue weighted by molar-refractivity contribution is 7.99. The molecule has 50 heavy (non-hydrogen) atoms. The fraction of sp³-hybridized carbons (Fsp3) is 0.229. The number of allylic oxidation sites excluding steroid dienone is 1. The third kappa shape index (κ3) is 6.73. The highest BCUT2D eigenvalue weighted by Gasteiger charge is 2.33. The summed E-state index contributed by atoms with van der Waals surface area (Å²) in [6.45, 7) is 6.12. The van der Waals surface area contributed by atoms with E-state index in [4.69, 9.17) is 16.3 Å². The molecule has 0 aliphatic carbocycles. The number of halogens is 1. The summed E-state index contributed by atoms with van der Waals surface area (Å²) in [5, 5.41) is 21.8. The number of nitro groups is 1. The van der Waals surface area contributed by atoms with Gasteiger partial charge in [-0.05, 0) is 80.1 Å². The minimum atomic E-state index is -0.796. The first-order chi connectivity index (χ1) is 24.0. The molecule has 3 heterocycles. The molecular weight excluding hydrogens is 698 g/mol. The maximum absolute atomic E-state index is 14.3. The molecule has 0 saturated carbocycles. The number of carbonyl (C=O) groups is 1. The van der Waals surface area contributed by atoms with Crippen LogP contribution < -0.4 is 19.8 Å². The molecule has 0 unspecified atom stereocenters.